The molecule has 2 aromatic carbocycles. The Kier molecular flexibility index (Phi) is 4.93. The summed E-state index contributed by atoms with van der Waals surface area (Å²) >= 11 is 0. The molecule has 0 N–H and O–H groups in total. The van der Waals surface area contributed by atoms with E-state index in [1.54, 1.807) is 55.6 Å². The number of ether oxygens (including phenoxy) is 1. The van der Waals surface area contributed by atoms with Gasteiger partial charge in [0.25, 0.3) is 0 Å². The number of amides is 2. The van der Waals surface area contributed by atoms with Crippen LogP contribution in [0.5, 0.6) is 5.75 Å². The van der Waals surface area contributed by atoms with Crippen LogP contribution >= 0.6 is 0 Å². The van der Waals surface area contributed by atoms with Crippen LogP contribution in [0.15, 0.2) is 48.5 Å². The highest BCUT2D eigenvalue weighted by Crippen LogP contribution is 2.38. The Labute approximate surface area is 158 Å². The molecule has 0 radical (unpaired) electrons. The predicted molar refractivity (Wildman–Crippen MR) is 103 cm³/mol. The second-order valence-electron chi connectivity index (χ2n) is 6.29. The van der Waals surface area contributed by atoms with E-state index in [1.807, 2.05) is 0 Å². The van der Waals surface area contributed by atoms with E-state index >= 15 is 0 Å². The fraction of sp³-hybridized carbons (Fsp3) is 0.263. The molecule has 0 unspecified atom stereocenters. The zero-order chi connectivity index (χ0) is 19.8. The predicted octanol–water partition coefficient (Wildman–Crippen LogP) is 2.14. The van der Waals surface area contributed by atoms with Crippen molar-refractivity contribution in [1.82, 2.24) is 0 Å². The summed E-state index contributed by atoms with van der Waals surface area (Å²) in [6.45, 7) is 1.45. The molecule has 1 aliphatic heterocycles. The van der Waals surface area contributed by atoms with Gasteiger partial charge in [0.1, 0.15) is 11.5 Å². The third-order valence-corrected chi connectivity index (χ3v) is 6.37. The molecule has 1 fully saturated rings. The molecule has 1 aliphatic rings. The van der Waals surface area contributed by atoms with Crippen molar-refractivity contribution in [1.29, 1.82) is 0 Å². The number of carbonyl (C=O) groups excluding carboxylic acids is 2. The van der Waals surface area contributed by atoms with Gasteiger partial charge in [-0.25, -0.2) is 8.42 Å². The molecule has 0 saturated carbocycles. The van der Waals surface area contributed by atoms with Crippen molar-refractivity contribution in [2.75, 3.05) is 29.7 Å². The van der Waals surface area contributed by atoms with Gasteiger partial charge < -0.3 is 9.64 Å². The summed E-state index contributed by atoms with van der Waals surface area (Å²) in [6, 6.07) is 13.3. The average molecular weight is 388 g/mol. The molecule has 2 amide bonds. The van der Waals surface area contributed by atoms with Crippen LogP contribution in [0.25, 0.3) is 0 Å². The van der Waals surface area contributed by atoms with E-state index in [1.165, 1.54) is 23.8 Å². The first-order chi connectivity index (χ1) is 12.7. The van der Waals surface area contributed by atoms with Gasteiger partial charge in [-0.05, 0) is 42.0 Å². The maximum atomic E-state index is 12.6. The molecular weight excluding hydrogens is 368 g/mol. The molecule has 8 heteroatoms. The van der Waals surface area contributed by atoms with Crippen molar-refractivity contribution in [3.05, 3.63) is 54.1 Å². The summed E-state index contributed by atoms with van der Waals surface area (Å²) in [5.74, 6) is -0.551. The normalized spacial score (nSPS) is 18.4. The van der Waals surface area contributed by atoms with E-state index in [0.717, 1.165) is 0 Å². The number of benzene rings is 2. The quantitative estimate of drug-likeness (QED) is 0.801. The summed E-state index contributed by atoms with van der Waals surface area (Å²) in [4.78, 5) is 26.7. The van der Waals surface area contributed by atoms with Crippen LogP contribution < -0.4 is 14.5 Å². The van der Waals surface area contributed by atoms with Gasteiger partial charge in [-0.2, -0.15) is 0 Å². The third kappa shape index (κ3) is 3.52. The van der Waals surface area contributed by atoms with Gasteiger partial charge >= 0.3 is 0 Å². The molecular formula is C19H20N2O5S. The molecule has 3 rings (SSSR count). The summed E-state index contributed by atoms with van der Waals surface area (Å²) in [6.07, 6.45) is 0. The van der Waals surface area contributed by atoms with Gasteiger partial charge in [0.05, 0.1) is 7.11 Å². The molecule has 1 saturated heterocycles. The Morgan fingerprint density at radius 3 is 2.22 bits per heavy atom. The van der Waals surface area contributed by atoms with Crippen LogP contribution in [0.1, 0.15) is 17.9 Å². The van der Waals surface area contributed by atoms with Crippen LogP contribution in [-0.2, 0) is 19.4 Å². The molecule has 27 heavy (non-hydrogen) atoms. The van der Waals surface area contributed by atoms with Crippen molar-refractivity contribution < 1.29 is 22.7 Å². The first-order valence-corrected chi connectivity index (χ1v) is 9.98. The summed E-state index contributed by atoms with van der Waals surface area (Å²) < 4.78 is 30.4. The van der Waals surface area contributed by atoms with Crippen molar-refractivity contribution >= 4 is 33.0 Å². The first-order valence-electron chi connectivity index (χ1n) is 8.26. The maximum absolute atomic E-state index is 12.6. The number of hydrogen-bond donors (Lipinski definition) is 0. The van der Waals surface area contributed by atoms with E-state index in [9.17, 15) is 18.0 Å². The lowest BCUT2D eigenvalue weighted by molar-refractivity contribution is -0.116. The molecule has 1 atom stereocenters. The first kappa shape index (κ1) is 18.9. The van der Waals surface area contributed by atoms with Gasteiger partial charge in [-0.3, -0.25) is 14.5 Å². The Bertz CT molecular complexity index is 968. The molecule has 142 valence electrons. The smallest absolute Gasteiger partial charge is 0.243 e. The Hall–Kier alpha value is -2.87. The van der Waals surface area contributed by atoms with E-state index < -0.39 is 26.9 Å². The SMILES string of the molecule is COc1ccc([C@@H]2N(c3ccc(N(C)C(C)=O)cc3)C(=O)CS2(=O)=O)cc1. The molecule has 0 bridgehead atoms. The van der Waals surface area contributed by atoms with Crippen LogP contribution in [0.2, 0.25) is 0 Å². The van der Waals surface area contributed by atoms with E-state index in [0.29, 0.717) is 22.7 Å². The molecule has 0 aliphatic carbocycles. The van der Waals surface area contributed by atoms with Gasteiger partial charge in [0, 0.05) is 25.3 Å². The number of nitrogens with zero attached hydrogens (tertiary/aromatic N) is 2. The third-order valence-electron chi connectivity index (χ3n) is 4.56. The monoisotopic (exact) mass is 388 g/mol. The van der Waals surface area contributed by atoms with Gasteiger partial charge in [-0.15, -0.1) is 0 Å². The molecule has 0 aromatic heterocycles. The van der Waals surface area contributed by atoms with Crippen molar-refractivity contribution in [2.24, 2.45) is 0 Å². The lowest BCUT2D eigenvalue weighted by atomic mass is 10.1. The fourth-order valence-corrected chi connectivity index (χ4v) is 4.81. The van der Waals surface area contributed by atoms with Crippen LogP contribution in [-0.4, -0.2) is 40.1 Å². The van der Waals surface area contributed by atoms with E-state index in [-0.39, 0.29) is 5.91 Å². The van der Waals surface area contributed by atoms with Crippen molar-refractivity contribution in [3.63, 3.8) is 0 Å². The summed E-state index contributed by atoms with van der Waals surface area (Å²) in [7, 11) is -0.509. The number of hydrogen-bond acceptors (Lipinski definition) is 5. The second-order valence-corrected chi connectivity index (χ2v) is 8.35. The summed E-state index contributed by atoms with van der Waals surface area (Å²) in [5.41, 5.74) is 1.61. The van der Waals surface area contributed by atoms with E-state index in [2.05, 4.69) is 0 Å². The highest BCUT2D eigenvalue weighted by atomic mass is 32.2. The lowest BCUT2D eigenvalue weighted by Crippen LogP contribution is -2.29. The van der Waals surface area contributed by atoms with Crippen LogP contribution in [0.4, 0.5) is 11.4 Å². The number of methoxy groups -OCH3 is 1. The Morgan fingerprint density at radius 1 is 1.11 bits per heavy atom. The number of sulfone groups is 1. The fourth-order valence-electron chi connectivity index (χ4n) is 3.03. The Balaban J connectivity index is 2.01. The molecule has 0 spiro atoms. The minimum absolute atomic E-state index is 0.126. The van der Waals surface area contributed by atoms with Crippen LogP contribution in [0, 0.1) is 0 Å². The Morgan fingerprint density at radius 2 is 1.70 bits per heavy atom. The molecule has 2 aromatic rings. The lowest BCUT2D eigenvalue weighted by Gasteiger charge is -2.25. The second kappa shape index (κ2) is 7.03. The van der Waals surface area contributed by atoms with Crippen LogP contribution in [0.3, 0.4) is 0 Å². The zero-order valence-corrected chi connectivity index (χ0v) is 16.1. The largest absolute Gasteiger partial charge is 0.497 e. The maximum Gasteiger partial charge on any atom is 0.243 e. The molecule has 7 nitrogen and oxygen atoms in total. The van der Waals surface area contributed by atoms with Gasteiger partial charge in [-0.1, -0.05) is 12.1 Å². The van der Waals surface area contributed by atoms with Gasteiger partial charge in [0.2, 0.25) is 11.8 Å². The average Bonchev–Trinajstić information content (AvgIpc) is 2.89. The topological polar surface area (TPSA) is 84.0 Å². The molecule has 1 heterocycles. The highest BCUT2D eigenvalue weighted by molar-refractivity contribution is 7.93. The minimum atomic E-state index is -3.68. The number of carbonyl (C=O) groups is 2. The number of anilines is 2. The standard InChI is InChI=1S/C19H20N2O5S/c1-13(22)20(2)15-6-8-16(9-7-15)21-18(23)12-27(24,25)19(21)14-4-10-17(26-3)11-5-14/h4-11,19H,12H2,1-3H3/t19-/m1/s1. The zero-order valence-electron chi connectivity index (χ0n) is 15.2. The highest BCUT2D eigenvalue weighted by Gasteiger charge is 2.45. The van der Waals surface area contributed by atoms with Crippen molar-refractivity contribution in [2.45, 2.75) is 12.3 Å². The number of rotatable bonds is 4. The summed E-state index contributed by atoms with van der Waals surface area (Å²) in [5, 5.41) is -1.09. The minimum Gasteiger partial charge on any atom is -0.497 e. The van der Waals surface area contributed by atoms with E-state index in [4.69, 9.17) is 4.74 Å². The van der Waals surface area contributed by atoms with Crippen molar-refractivity contribution in [3.8, 4) is 5.75 Å². The van der Waals surface area contributed by atoms with Gasteiger partial charge in [0.15, 0.2) is 15.2 Å².